The highest BCUT2D eigenvalue weighted by atomic mass is 127. The van der Waals surface area contributed by atoms with E-state index in [2.05, 4.69) is 20.7 Å². The topological polar surface area (TPSA) is 54.2 Å². The van der Waals surface area contributed by atoms with Crippen LogP contribution in [-0.4, -0.2) is 35.4 Å². The normalized spacial score (nSPS) is 15.5. The van der Waals surface area contributed by atoms with Crippen molar-refractivity contribution in [3.63, 3.8) is 0 Å². The zero-order chi connectivity index (χ0) is 20.0. The summed E-state index contributed by atoms with van der Waals surface area (Å²) in [7, 11) is 0. The molecule has 1 aliphatic rings. The molecule has 2 aromatic rings. The first kappa shape index (κ1) is 23.5. The Bertz CT molecular complexity index is 786. The number of aryl methyl sites for hydroxylation is 1. The highest BCUT2D eigenvalue weighted by molar-refractivity contribution is 14.0. The zero-order valence-electron chi connectivity index (χ0n) is 16.4. The van der Waals surface area contributed by atoms with Crippen LogP contribution in [-0.2, 0) is 18.1 Å². The Hall–Kier alpha value is -1.78. The summed E-state index contributed by atoms with van der Waals surface area (Å²) in [6, 6.07) is 7.55. The molecule has 2 N–H and O–H groups in total. The van der Waals surface area contributed by atoms with Crippen LogP contribution in [0.3, 0.4) is 0 Å². The maximum Gasteiger partial charge on any atom is 0.416 e. The fraction of sp³-hybridized carbons (Fsp3) is 0.500. The second kappa shape index (κ2) is 10.3. The Kier molecular flexibility index (Phi) is 8.35. The summed E-state index contributed by atoms with van der Waals surface area (Å²) in [6.45, 7) is 4.74. The number of halogens is 4. The zero-order valence-corrected chi connectivity index (χ0v) is 18.7. The maximum absolute atomic E-state index is 13.0. The van der Waals surface area contributed by atoms with Crippen molar-refractivity contribution in [2.45, 2.75) is 44.3 Å². The molecular weight excluding hydrogens is 494 g/mol. The molecule has 0 radical (unpaired) electrons. The summed E-state index contributed by atoms with van der Waals surface area (Å²) in [5.41, 5.74) is -0.150. The number of hydrogen-bond donors (Lipinski definition) is 2. The average molecular weight is 521 g/mol. The van der Waals surface area contributed by atoms with Crippen molar-refractivity contribution in [3.8, 4) is 0 Å². The van der Waals surface area contributed by atoms with Crippen molar-refractivity contribution < 1.29 is 13.2 Å². The smallest absolute Gasteiger partial charge is 0.357 e. The summed E-state index contributed by atoms with van der Waals surface area (Å²) in [6.07, 6.45) is 1.96. The third-order valence-electron chi connectivity index (χ3n) is 4.96. The highest BCUT2D eigenvalue weighted by Crippen LogP contribution is 2.49. The molecule has 1 saturated carbocycles. The van der Waals surface area contributed by atoms with Crippen molar-refractivity contribution >= 4 is 29.9 Å². The molecule has 9 heteroatoms. The van der Waals surface area contributed by atoms with Crippen molar-refractivity contribution in [1.82, 2.24) is 20.4 Å². The van der Waals surface area contributed by atoms with Gasteiger partial charge in [-0.25, -0.2) is 0 Å². The van der Waals surface area contributed by atoms with Gasteiger partial charge in [-0.3, -0.25) is 9.67 Å². The van der Waals surface area contributed by atoms with Gasteiger partial charge in [0.15, 0.2) is 5.96 Å². The van der Waals surface area contributed by atoms with Crippen molar-refractivity contribution in [2.24, 2.45) is 4.99 Å². The molecule has 1 fully saturated rings. The molecule has 160 valence electrons. The summed E-state index contributed by atoms with van der Waals surface area (Å²) < 4.78 is 40.9. The van der Waals surface area contributed by atoms with Crippen LogP contribution in [0.1, 0.15) is 37.3 Å². The first-order valence-corrected chi connectivity index (χ1v) is 9.60. The average Bonchev–Trinajstić information content (AvgIpc) is 3.29. The fourth-order valence-electron chi connectivity index (χ4n) is 3.17. The van der Waals surface area contributed by atoms with Gasteiger partial charge in [0.05, 0.1) is 12.1 Å². The van der Waals surface area contributed by atoms with Gasteiger partial charge in [0.1, 0.15) is 0 Å². The van der Waals surface area contributed by atoms with Gasteiger partial charge >= 0.3 is 6.18 Å². The number of nitrogens with one attached hydrogen (secondary N) is 2. The third-order valence-corrected chi connectivity index (χ3v) is 4.96. The molecule has 29 heavy (non-hydrogen) atoms. The van der Waals surface area contributed by atoms with Crippen LogP contribution in [0, 0.1) is 0 Å². The van der Waals surface area contributed by atoms with Crippen LogP contribution in [0.25, 0.3) is 0 Å². The van der Waals surface area contributed by atoms with E-state index in [4.69, 9.17) is 0 Å². The third kappa shape index (κ3) is 6.61. The van der Waals surface area contributed by atoms with Crippen molar-refractivity contribution in [2.75, 3.05) is 19.6 Å². The molecule has 0 saturated heterocycles. The van der Waals surface area contributed by atoms with Gasteiger partial charge in [0, 0.05) is 37.4 Å². The van der Waals surface area contributed by atoms with E-state index in [1.807, 2.05) is 23.9 Å². The number of rotatable bonds is 8. The van der Waals surface area contributed by atoms with E-state index < -0.39 is 11.7 Å². The molecule has 1 aliphatic carbocycles. The lowest BCUT2D eigenvalue weighted by molar-refractivity contribution is -0.137. The van der Waals surface area contributed by atoms with Crippen LogP contribution in [0.5, 0.6) is 0 Å². The van der Waals surface area contributed by atoms with E-state index in [1.54, 1.807) is 12.3 Å². The molecule has 0 unspecified atom stereocenters. The van der Waals surface area contributed by atoms with Crippen LogP contribution in [0.15, 0.2) is 47.7 Å². The van der Waals surface area contributed by atoms with E-state index in [-0.39, 0.29) is 29.4 Å². The van der Waals surface area contributed by atoms with Gasteiger partial charge in [-0.2, -0.15) is 18.3 Å². The standard InChI is InChI=1S/C20H26F3N5.HI/c1-2-24-18(25-10-4-12-28-13-5-11-27-28)26-15-19(8-9-19)16-6-3-7-17(14-16)20(21,22)23;/h3,5-7,11,13-14H,2,4,8-10,12,15H2,1H3,(H2,24,25,26);1H. The van der Waals surface area contributed by atoms with Gasteiger partial charge in [0.2, 0.25) is 0 Å². The van der Waals surface area contributed by atoms with Crippen LogP contribution >= 0.6 is 24.0 Å². The van der Waals surface area contributed by atoms with Gasteiger partial charge in [-0.1, -0.05) is 18.2 Å². The molecule has 0 spiro atoms. The molecule has 1 aromatic heterocycles. The molecular formula is C20H27F3IN5. The summed E-state index contributed by atoms with van der Waals surface area (Å²) in [5, 5.41) is 10.7. The number of nitrogens with zero attached hydrogens (tertiary/aromatic N) is 3. The summed E-state index contributed by atoms with van der Waals surface area (Å²) in [4.78, 5) is 4.64. The Labute approximate surface area is 186 Å². The number of hydrogen-bond acceptors (Lipinski definition) is 2. The van der Waals surface area contributed by atoms with Crippen LogP contribution < -0.4 is 10.6 Å². The SMILES string of the molecule is CCNC(=NCC1(c2cccc(C(F)(F)F)c2)CC1)NCCCn1cccn1.I. The molecule has 1 heterocycles. The predicted molar refractivity (Wildman–Crippen MR) is 119 cm³/mol. The largest absolute Gasteiger partial charge is 0.416 e. The Balaban J connectivity index is 0.00000300. The lowest BCUT2D eigenvalue weighted by Crippen LogP contribution is -2.38. The summed E-state index contributed by atoms with van der Waals surface area (Å²) >= 11 is 0. The minimum Gasteiger partial charge on any atom is -0.357 e. The van der Waals surface area contributed by atoms with E-state index in [1.165, 1.54) is 12.1 Å². The first-order valence-electron chi connectivity index (χ1n) is 9.60. The van der Waals surface area contributed by atoms with Crippen molar-refractivity contribution in [3.05, 3.63) is 53.9 Å². The van der Waals surface area contributed by atoms with Gasteiger partial charge in [-0.15, -0.1) is 24.0 Å². The van der Waals surface area contributed by atoms with E-state index in [0.29, 0.717) is 12.5 Å². The first-order chi connectivity index (χ1) is 13.4. The van der Waals surface area contributed by atoms with E-state index >= 15 is 0 Å². The number of benzene rings is 1. The Morgan fingerprint density at radius 2 is 2.03 bits per heavy atom. The van der Waals surface area contributed by atoms with Crippen LogP contribution in [0.4, 0.5) is 13.2 Å². The van der Waals surface area contributed by atoms with Gasteiger partial charge in [-0.05, 0) is 43.9 Å². The monoisotopic (exact) mass is 521 g/mol. The maximum atomic E-state index is 13.0. The lowest BCUT2D eigenvalue weighted by atomic mass is 9.94. The number of alkyl halides is 3. The summed E-state index contributed by atoms with van der Waals surface area (Å²) in [5.74, 6) is 0.696. The quantitative estimate of drug-likeness (QED) is 0.237. The number of aromatic nitrogens is 2. The van der Waals surface area contributed by atoms with Gasteiger partial charge in [0.25, 0.3) is 0 Å². The molecule has 3 rings (SSSR count). The second-order valence-electron chi connectivity index (χ2n) is 7.10. The fourth-order valence-corrected chi connectivity index (χ4v) is 3.17. The molecule has 5 nitrogen and oxygen atoms in total. The van der Waals surface area contributed by atoms with Gasteiger partial charge < -0.3 is 10.6 Å². The second-order valence-corrected chi connectivity index (χ2v) is 7.10. The molecule has 0 atom stereocenters. The highest BCUT2D eigenvalue weighted by Gasteiger charge is 2.45. The number of guanidine groups is 1. The molecule has 0 aliphatic heterocycles. The van der Waals surface area contributed by atoms with Crippen molar-refractivity contribution in [1.29, 1.82) is 0 Å². The lowest BCUT2D eigenvalue weighted by Gasteiger charge is -2.17. The van der Waals surface area contributed by atoms with E-state index in [0.717, 1.165) is 50.5 Å². The minimum absolute atomic E-state index is 0. The predicted octanol–water partition coefficient (Wildman–Crippen LogP) is 4.20. The Morgan fingerprint density at radius 1 is 1.24 bits per heavy atom. The molecule has 0 bridgehead atoms. The Morgan fingerprint density at radius 3 is 2.66 bits per heavy atom. The minimum atomic E-state index is -4.32. The molecule has 1 aromatic carbocycles. The van der Waals surface area contributed by atoms with E-state index in [9.17, 15) is 13.2 Å². The molecule has 0 amide bonds. The number of aliphatic imine (C=N–C) groups is 1. The van der Waals surface area contributed by atoms with Crippen LogP contribution in [0.2, 0.25) is 0 Å².